The van der Waals surface area contributed by atoms with Crippen molar-refractivity contribution in [1.82, 2.24) is 9.88 Å². The van der Waals surface area contributed by atoms with Gasteiger partial charge in [-0.25, -0.2) is 4.98 Å². The molecule has 0 radical (unpaired) electrons. The highest BCUT2D eigenvalue weighted by molar-refractivity contribution is 5.52. The van der Waals surface area contributed by atoms with E-state index in [0.29, 0.717) is 13.2 Å². The Morgan fingerprint density at radius 3 is 2.60 bits per heavy atom. The molecule has 1 aliphatic heterocycles. The van der Waals surface area contributed by atoms with Crippen LogP contribution < -0.4 is 15.4 Å². The number of aromatic nitrogens is 1. The molecule has 2 rings (SSSR count). The lowest BCUT2D eigenvalue weighted by atomic mass is 10.0. The number of pyridine rings is 1. The van der Waals surface area contributed by atoms with Crippen molar-refractivity contribution in [1.29, 1.82) is 0 Å². The first kappa shape index (κ1) is 15.1. The molecule has 1 aliphatic rings. The molecule has 5 nitrogen and oxygen atoms in total. The van der Waals surface area contributed by atoms with Crippen LogP contribution >= 0.6 is 0 Å². The number of rotatable bonds is 5. The van der Waals surface area contributed by atoms with Gasteiger partial charge in [0, 0.05) is 44.5 Å². The Bertz CT molecular complexity index is 428. The van der Waals surface area contributed by atoms with Crippen LogP contribution in [-0.4, -0.2) is 54.8 Å². The van der Waals surface area contributed by atoms with Crippen molar-refractivity contribution in [3.05, 3.63) is 18.3 Å². The third-order valence-corrected chi connectivity index (χ3v) is 3.99. The van der Waals surface area contributed by atoms with E-state index in [-0.39, 0.29) is 5.54 Å². The monoisotopic (exact) mass is 278 g/mol. The van der Waals surface area contributed by atoms with Gasteiger partial charge in [0.1, 0.15) is 0 Å². The first-order valence-corrected chi connectivity index (χ1v) is 7.36. The van der Waals surface area contributed by atoms with E-state index in [1.807, 2.05) is 25.3 Å². The zero-order chi connectivity index (χ0) is 14.6. The van der Waals surface area contributed by atoms with Gasteiger partial charge in [0.15, 0.2) is 11.6 Å². The molecular weight excluding hydrogens is 252 g/mol. The summed E-state index contributed by atoms with van der Waals surface area (Å²) in [6, 6.07) is 3.91. The van der Waals surface area contributed by atoms with Gasteiger partial charge in [-0.3, -0.25) is 4.90 Å². The molecule has 0 unspecified atom stereocenters. The van der Waals surface area contributed by atoms with Crippen molar-refractivity contribution in [2.45, 2.75) is 26.3 Å². The molecular formula is C15H26N4O. The molecule has 2 heterocycles. The maximum Gasteiger partial charge on any atom is 0.171 e. The number of nitrogens with zero attached hydrogens (tertiary/aromatic N) is 3. The second kappa shape index (κ2) is 6.41. The smallest absolute Gasteiger partial charge is 0.171 e. The fourth-order valence-electron chi connectivity index (χ4n) is 2.54. The van der Waals surface area contributed by atoms with E-state index in [1.165, 1.54) is 0 Å². The van der Waals surface area contributed by atoms with Gasteiger partial charge in [-0.2, -0.15) is 0 Å². The third-order valence-electron chi connectivity index (χ3n) is 3.99. The SMILES string of the molecule is CCOc1cccnc1N1CCN(C(C)(C)CN)CC1. The molecule has 1 aromatic rings. The molecule has 0 aliphatic carbocycles. The summed E-state index contributed by atoms with van der Waals surface area (Å²) in [5.74, 6) is 1.83. The van der Waals surface area contributed by atoms with Crippen LogP contribution in [-0.2, 0) is 0 Å². The molecule has 0 atom stereocenters. The van der Waals surface area contributed by atoms with E-state index < -0.39 is 0 Å². The Balaban J connectivity index is 2.04. The van der Waals surface area contributed by atoms with Gasteiger partial charge in [0.2, 0.25) is 0 Å². The van der Waals surface area contributed by atoms with Crippen molar-refractivity contribution in [3.63, 3.8) is 0 Å². The molecule has 0 amide bonds. The number of hydrogen-bond acceptors (Lipinski definition) is 5. The van der Waals surface area contributed by atoms with E-state index in [9.17, 15) is 0 Å². The van der Waals surface area contributed by atoms with Gasteiger partial charge in [-0.15, -0.1) is 0 Å². The van der Waals surface area contributed by atoms with Crippen LogP contribution in [0.5, 0.6) is 5.75 Å². The molecule has 112 valence electrons. The van der Waals surface area contributed by atoms with Crippen LogP contribution in [0, 0.1) is 0 Å². The van der Waals surface area contributed by atoms with Crippen LogP contribution in [0.2, 0.25) is 0 Å². The highest BCUT2D eigenvalue weighted by atomic mass is 16.5. The topological polar surface area (TPSA) is 54.6 Å². The second-order valence-corrected chi connectivity index (χ2v) is 5.75. The molecule has 1 aromatic heterocycles. The number of hydrogen-bond donors (Lipinski definition) is 1. The normalized spacial score (nSPS) is 17.3. The highest BCUT2D eigenvalue weighted by Crippen LogP contribution is 2.27. The van der Waals surface area contributed by atoms with Gasteiger partial charge < -0.3 is 15.4 Å². The molecule has 1 fully saturated rings. The van der Waals surface area contributed by atoms with Crippen LogP contribution in [0.3, 0.4) is 0 Å². The van der Waals surface area contributed by atoms with E-state index in [2.05, 4.69) is 28.6 Å². The van der Waals surface area contributed by atoms with Gasteiger partial charge >= 0.3 is 0 Å². The Labute approximate surface area is 121 Å². The minimum Gasteiger partial charge on any atom is -0.490 e. The molecule has 0 spiro atoms. The summed E-state index contributed by atoms with van der Waals surface area (Å²) in [6.07, 6.45) is 1.83. The summed E-state index contributed by atoms with van der Waals surface area (Å²) in [7, 11) is 0. The first-order chi connectivity index (χ1) is 9.58. The van der Waals surface area contributed by atoms with E-state index in [0.717, 1.165) is 37.7 Å². The zero-order valence-corrected chi connectivity index (χ0v) is 12.8. The Morgan fingerprint density at radius 1 is 1.30 bits per heavy atom. The lowest BCUT2D eigenvalue weighted by molar-refractivity contribution is 0.118. The molecule has 20 heavy (non-hydrogen) atoms. The average Bonchev–Trinajstić information content (AvgIpc) is 2.48. The van der Waals surface area contributed by atoms with Crippen molar-refractivity contribution in [2.24, 2.45) is 5.73 Å². The van der Waals surface area contributed by atoms with Crippen molar-refractivity contribution in [3.8, 4) is 5.75 Å². The van der Waals surface area contributed by atoms with Crippen LogP contribution in [0.4, 0.5) is 5.82 Å². The fourth-order valence-corrected chi connectivity index (χ4v) is 2.54. The van der Waals surface area contributed by atoms with Gasteiger partial charge in [0.05, 0.1) is 6.61 Å². The van der Waals surface area contributed by atoms with Crippen LogP contribution in [0.15, 0.2) is 18.3 Å². The summed E-state index contributed by atoms with van der Waals surface area (Å²) in [6.45, 7) is 11.7. The lowest BCUT2D eigenvalue weighted by Gasteiger charge is -2.44. The Hall–Kier alpha value is -1.33. The van der Waals surface area contributed by atoms with E-state index in [4.69, 9.17) is 10.5 Å². The fraction of sp³-hybridized carbons (Fsp3) is 0.667. The maximum atomic E-state index is 5.86. The van der Waals surface area contributed by atoms with Crippen molar-refractivity contribution >= 4 is 5.82 Å². The predicted octanol–water partition coefficient (Wildman–Crippen LogP) is 1.34. The molecule has 5 heteroatoms. The minimum absolute atomic E-state index is 0.0684. The quantitative estimate of drug-likeness (QED) is 0.881. The molecule has 0 saturated carbocycles. The summed E-state index contributed by atoms with van der Waals surface area (Å²) in [5.41, 5.74) is 5.93. The maximum absolute atomic E-state index is 5.86. The molecule has 0 bridgehead atoms. The molecule has 1 saturated heterocycles. The van der Waals surface area contributed by atoms with E-state index in [1.54, 1.807) is 0 Å². The summed E-state index contributed by atoms with van der Waals surface area (Å²) < 4.78 is 5.67. The van der Waals surface area contributed by atoms with Crippen molar-refractivity contribution < 1.29 is 4.74 Å². The largest absolute Gasteiger partial charge is 0.490 e. The highest BCUT2D eigenvalue weighted by Gasteiger charge is 2.29. The number of ether oxygens (including phenoxy) is 1. The van der Waals surface area contributed by atoms with Crippen LogP contribution in [0.1, 0.15) is 20.8 Å². The summed E-state index contributed by atoms with van der Waals surface area (Å²) in [5, 5.41) is 0. The number of nitrogens with two attached hydrogens (primary N) is 1. The lowest BCUT2D eigenvalue weighted by Crippen LogP contribution is -2.57. The third kappa shape index (κ3) is 3.22. The minimum atomic E-state index is 0.0684. The Kier molecular flexibility index (Phi) is 4.83. The van der Waals surface area contributed by atoms with Gasteiger partial charge in [0.25, 0.3) is 0 Å². The average molecular weight is 278 g/mol. The number of anilines is 1. The second-order valence-electron chi connectivity index (χ2n) is 5.75. The predicted molar refractivity (Wildman–Crippen MR) is 82.3 cm³/mol. The summed E-state index contributed by atoms with van der Waals surface area (Å²) >= 11 is 0. The Morgan fingerprint density at radius 2 is 2.00 bits per heavy atom. The first-order valence-electron chi connectivity index (χ1n) is 7.36. The van der Waals surface area contributed by atoms with Crippen LogP contribution in [0.25, 0.3) is 0 Å². The van der Waals surface area contributed by atoms with Gasteiger partial charge in [-0.1, -0.05) is 0 Å². The molecule has 2 N–H and O–H groups in total. The standard InChI is InChI=1S/C15H26N4O/c1-4-20-13-6-5-7-17-14(13)18-8-10-19(11-9-18)15(2,3)12-16/h5-7H,4,8-12,16H2,1-3H3. The number of piperazine rings is 1. The zero-order valence-electron chi connectivity index (χ0n) is 12.8. The van der Waals surface area contributed by atoms with Gasteiger partial charge in [-0.05, 0) is 32.9 Å². The van der Waals surface area contributed by atoms with E-state index >= 15 is 0 Å². The summed E-state index contributed by atoms with van der Waals surface area (Å²) in [4.78, 5) is 9.24. The molecule has 0 aromatic carbocycles. The van der Waals surface area contributed by atoms with Crippen molar-refractivity contribution in [2.75, 3.05) is 44.2 Å².